The quantitative estimate of drug-likeness (QED) is 0.615. The minimum atomic E-state index is -4.53. The smallest absolute Gasteiger partial charge is 0.379 e. The Morgan fingerprint density at radius 3 is 2.60 bits per heavy atom. The van der Waals surface area contributed by atoms with Gasteiger partial charge in [0.25, 0.3) is 0 Å². The van der Waals surface area contributed by atoms with E-state index in [1.807, 2.05) is 13.8 Å². The van der Waals surface area contributed by atoms with Crippen molar-refractivity contribution in [2.75, 3.05) is 18.5 Å². The van der Waals surface area contributed by atoms with Crippen molar-refractivity contribution in [3.8, 4) is 0 Å². The van der Waals surface area contributed by atoms with Crippen LogP contribution in [0.1, 0.15) is 32.4 Å². The van der Waals surface area contributed by atoms with Crippen LogP contribution in [0.15, 0.2) is 6.07 Å². The van der Waals surface area contributed by atoms with Gasteiger partial charge in [-0.05, 0) is 38.3 Å². The van der Waals surface area contributed by atoms with E-state index in [4.69, 9.17) is 16.3 Å². The van der Waals surface area contributed by atoms with Crippen molar-refractivity contribution in [1.29, 1.82) is 0 Å². The van der Waals surface area contributed by atoms with Crippen molar-refractivity contribution in [2.24, 2.45) is 0 Å². The Morgan fingerprint density at radius 2 is 2.00 bits per heavy atom. The zero-order chi connectivity index (χ0) is 15.2. The lowest BCUT2D eigenvalue weighted by Crippen LogP contribution is -2.12. The zero-order valence-electron chi connectivity index (χ0n) is 11.3. The highest BCUT2D eigenvalue weighted by atomic mass is 35.5. The molecule has 0 aliphatic heterocycles. The molecule has 0 saturated heterocycles. The molecule has 4 nitrogen and oxygen atoms in total. The Kier molecular flexibility index (Phi) is 6.48. The summed E-state index contributed by atoms with van der Waals surface area (Å²) in [5, 5.41) is 2.37. The van der Waals surface area contributed by atoms with E-state index >= 15 is 0 Å². The van der Waals surface area contributed by atoms with Crippen LogP contribution in [-0.4, -0.2) is 29.2 Å². The van der Waals surface area contributed by atoms with Crippen LogP contribution >= 0.6 is 11.6 Å². The number of ether oxygens (including phenoxy) is 1. The maximum absolute atomic E-state index is 12.5. The van der Waals surface area contributed by atoms with Gasteiger partial charge in [-0.25, -0.2) is 9.97 Å². The fraction of sp³-hybridized carbons (Fsp3) is 0.667. The van der Waals surface area contributed by atoms with E-state index in [0.717, 1.165) is 18.9 Å². The van der Waals surface area contributed by atoms with Crippen LogP contribution in [-0.2, 0) is 10.9 Å². The van der Waals surface area contributed by atoms with Crippen molar-refractivity contribution in [3.63, 3.8) is 0 Å². The second-order valence-corrected chi connectivity index (χ2v) is 4.80. The topological polar surface area (TPSA) is 47.0 Å². The van der Waals surface area contributed by atoms with Crippen LogP contribution in [0.4, 0.5) is 19.0 Å². The molecule has 1 heterocycles. The van der Waals surface area contributed by atoms with E-state index < -0.39 is 17.2 Å². The predicted molar refractivity (Wildman–Crippen MR) is 70.9 cm³/mol. The molecule has 0 aliphatic rings. The maximum Gasteiger partial charge on any atom is 0.433 e. The Morgan fingerprint density at radius 1 is 1.30 bits per heavy atom. The number of unbranched alkanes of at least 4 members (excludes halogenated alkanes) is 1. The summed E-state index contributed by atoms with van der Waals surface area (Å²) >= 11 is 5.47. The number of anilines is 1. The fourth-order valence-electron chi connectivity index (χ4n) is 1.42. The van der Waals surface area contributed by atoms with Crippen molar-refractivity contribution in [1.82, 2.24) is 9.97 Å². The largest absolute Gasteiger partial charge is 0.433 e. The number of alkyl halides is 3. The third-order valence-electron chi connectivity index (χ3n) is 2.32. The highest BCUT2D eigenvalue weighted by molar-refractivity contribution is 6.28. The van der Waals surface area contributed by atoms with Crippen molar-refractivity contribution in [2.45, 2.75) is 39.0 Å². The Bertz CT molecular complexity index is 427. The Balaban J connectivity index is 2.42. The molecule has 0 aliphatic carbocycles. The second-order valence-electron chi connectivity index (χ2n) is 4.46. The summed E-state index contributed by atoms with van der Waals surface area (Å²) in [5.74, 6) is 0.0714. The molecule has 0 atom stereocenters. The molecule has 114 valence electrons. The van der Waals surface area contributed by atoms with Crippen molar-refractivity contribution < 1.29 is 17.9 Å². The van der Waals surface area contributed by atoms with Gasteiger partial charge in [0.2, 0.25) is 5.28 Å². The highest BCUT2D eigenvalue weighted by Gasteiger charge is 2.33. The van der Waals surface area contributed by atoms with Crippen LogP contribution in [0.25, 0.3) is 0 Å². The highest BCUT2D eigenvalue weighted by Crippen LogP contribution is 2.29. The number of nitrogens with zero attached hydrogens (tertiary/aromatic N) is 2. The van der Waals surface area contributed by atoms with Crippen LogP contribution in [0, 0.1) is 0 Å². The summed E-state index contributed by atoms with van der Waals surface area (Å²) in [6, 6.07) is 0.844. The molecule has 1 aromatic rings. The molecule has 0 aromatic carbocycles. The minimum Gasteiger partial charge on any atom is -0.379 e. The average Bonchev–Trinajstić information content (AvgIpc) is 2.31. The van der Waals surface area contributed by atoms with Gasteiger partial charge in [-0.2, -0.15) is 13.2 Å². The van der Waals surface area contributed by atoms with Gasteiger partial charge in [-0.1, -0.05) is 0 Å². The number of hydrogen-bond acceptors (Lipinski definition) is 4. The van der Waals surface area contributed by atoms with Gasteiger partial charge in [-0.15, -0.1) is 0 Å². The summed E-state index contributed by atoms with van der Waals surface area (Å²) in [4.78, 5) is 6.86. The molecular weight excluding hydrogens is 295 g/mol. The normalized spacial score (nSPS) is 11.9. The van der Waals surface area contributed by atoms with Gasteiger partial charge in [0.05, 0.1) is 6.10 Å². The molecule has 20 heavy (non-hydrogen) atoms. The summed E-state index contributed by atoms with van der Waals surface area (Å²) in [6.07, 6.45) is -2.78. The predicted octanol–water partition coefficient (Wildman–Crippen LogP) is 3.77. The van der Waals surface area contributed by atoms with Gasteiger partial charge >= 0.3 is 6.18 Å². The summed E-state index contributed by atoms with van der Waals surface area (Å²) < 4.78 is 42.9. The van der Waals surface area contributed by atoms with Gasteiger partial charge in [0.15, 0.2) is 5.69 Å². The molecule has 1 rings (SSSR count). The lowest BCUT2D eigenvalue weighted by molar-refractivity contribution is -0.141. The third kappa shape index (κ3) is 6.38. The first-order chi connectivity index (χ1) is 9.29. The summed E-state index contributed by atoms with van der Waals surface area (Å²) in [6.45, 7) is 5.00. The number of aromatic nitrogens is 2. The van der Waals surface area contributed by atoms with E-state index in [1.165, 1.54) is 0 Å². The SMILES string of the molecule is CC(C)OCCCCNc1cc(C(F)(F)F)nc(Cl)n1. The fourth-order valence-corrected chi connectivity index (χ4v) is 1.60. The molecule has 8 heteroatoms. The Hall–Kier alpha value is -1.08. The van der Waals surface area contributed by atoms with E-state index in [2.05, 4.69) is 15.3 Å². The summed E-state index contributed by atoms with van der Waals surface area (Å²) in [7, 11) is 0. The molecule has 0 unspecified atom stereocenters. The van der Waals surface area contributed by atoms with Crippen LogP contribution in [0.5, 0.6) is 0 Å². The Labute approximate surface area is 120 Å². The standard InChI is InChI=1S/C12H17ClF3N3O/c1-8(2)20-6-4-3-5-17-10-7-9(12(14,15)16)18-11(13)19-10/h7-8H,3-6H2,1-2H3,(H,17,18,19). The van der Waals surface area contributed by atoms with Gasteiger partial charge in [-0.3, -0.25) is 0 Å². The molecule has 0 saturated carbocycles. The molecule has 0 fully saturated rings. The van der Waals surface area contributed by atoms with E-state index in [9.17, 15) is 13.2 Å². The average molecular weight is 312 g/mol. The monoisotopic (exact) mass is 311 g/mol. The number of hydrogen-bond donors (Lipinski definition) is 1. The van der Waals surface area contributed by atoms with Crippen LogP contribution in [0.3, 0.4) is 0 Å². The first-order valence-electron chi connectivity index (χ1n) is 6.26. The molecule has 0 amide bonds. The lowest BCUT2D eigenvalue weighted by Gasteiger charge is -2.10. The first kappa shape index (κ1) is 17.0. The zero-order valence-corrected chi connectivity index (χ0v) is 12.1. The second kappa shape index (κ2) is 7.64. The molecule has 0 radical (unpaired) electrons. The van der Waals surface area contributed by atoms with E-state index in [1.54, 1.807) is 0 Å². The lowest BCUT2D eigenvalue weighted by atomic mass is 10.3. The van der Waals surface area contributed by atoms with E-state index in [-0.39, 0.29) is 11.9 Å². The van der Waals surface area contributed by atoms with Crippen LogP contribution < -0.4 is 5.32 Å². The van der Waals surface area contributed by atoms with E-state index in [0.29, 0.717) is 13.2 Å². The molecule has 0 bridgehead atoms. The summed E-state index contributed by atoms with van der Waals surface area (Å²) in [5.41, 5.74) is -1.05. The molecule has 1 N–H and O–H groups in total. The van der Waals surface area contributed by atoms with Crippen LogP contribution in [0.2, 0.25) is 5.28 Å². The van der Waals surface area contributed by atoms with Gasteiger partial charge in [0, 0.05) is 19.2 Å². The van der Waals surface area contributed by atoms with Gasteiger partial charge in [0.1, 0.15) is 5.82 Å². The maximum atomic E-state index is 12.5. The number of nitrogens with one attached hydrogen (secondary N) is 1. The van der Waals surface area contributed by atoms with Gasteiger partial charge < -0.3 is 10.1 Å². The number of rotatable bonds is 7. The number of halogens is 4. The molecular formula is C12H17ClF3N3O. The minimum absolute atomic E-state index is 0.0714. The molecule has 1 aromatic heterocycles. The van der Waals surface area contributed by atoms with Crippen molar-refractivity contribution in [3.05, 3.63) is 17.0 Å². The first-order valence-corrected chi connectivity index (χ1v) is 6.64. The van der Waals surface area contributed by atoms with Crippen molar-refractivity contribution >= 4 is 17.4 Å². The third-order valence-corrected chi connectivity index (χ3v) is 2.49. The molecule has 0 spiro atoms.